The van der Waals surface area contributed by atoms with Gasteiger partial charge in [0.15, 0.2) is 5.69 Å². The molecule has 0 fully saturated rings. The van der Waals surface area contributed by atoms with Crippen LogP contribution in [0.25, 0.3) is 0 Å². The molecule has 1 heterocycles. The summed E-state index contributed by atoms with van der Waals surface area (Å²) in [5.41, 5.74) is 15.2. The Morgan fingerprint density at radius 3 is 1.80 bits per heavy atom. The maximum atomic E-state index is 11.5. The molecule has 0 aliphatic heterocycles. The maximum absolute atomic E-state index is 11.5. The third-order valence-electron chi connectivity index (χ3n) is 7.85. The highest BCUT2D eigenvalue weighted by Crippen LogP contribution is 2.13. The fourth-order valence-electron chi connectivity index (χ4n) is 5.18. The van der Waals surface area contributed by atoms with Crippen molar-refractivity contribution in [1.82, 2.24) is 14.9 Å². The van der Waals surface area contributed by atoms with Crippen molar-refractivity contribution in [1.29, 1.82) is 0 Å². The topological polar surface area (TPSA) is 212 Å². The number of nitrogens with two attached hydrogens (primary N) is 2. The number of aliphatic hydroxyl groups excluding tert-OH is 5. The minimum atomic E-state index is -1.64. The maximum Gasteiger partial charge on any atom is 0.269 e. The molecule has 12 heteroatoms. The van der Waals surface area contributed by atoms with Crippen LogP contribution >= 0.6 is 0 Å². The summed E-state index contributed by atoms with van der Waals surface area (Å²) in [7, 11) is 0. The fraction of sp³-hybridized carbons (Fsp3) is 0.471. The van der Waals surface area contributed by atoms with Gasteiger partial charge < -0.3 is 41.9 Å². The number of amidine groups is 1. The van der Waals surface area contributed by atoms with E-state index in [1.807, 2.05) is 18.2 Å². The fourth-order valence-corrected chi connectivity index (χ4v) is 5.18. The summed E-state index contributed by atoms with van der Waals surface area (Å²) in [6, 6.07) is 18.6. The van der Waals surface area contributed by atoms with E-state index < -0.39 is 36.9 Å². The number of amides is 1. The molecule has 0 aliphatic carbocycles. The first-order valence-electron chi connectivity index (χ1n) is 15.8. The molecule has 0 saturated heterocycles. The minimum Gasteiger partial charge on any atom is -0.394 e. The smallest absolute Gasteiger partial charge is 0.269 e. The first-order chi connectivity index (χ1) is 22.2. The van der Waals surface area contributed by atoms with Crippen LogP contribution in [-0.2, 0) is 19.3 Å². The molecule has 0 bridgehead atoms. The number of aliphatic hydroxyl groups is 5. The lowest BCUT2D eigenvalue weighted by Gasteiger charge is -2.30. The first kappa shape index (κ1) is 36.7. The van der Waals surface area contributed by atoms with Gasteiger partial charge in [-0.05, 0) is 74.7 Å². The molecule has 250 valence electrons. The Labute approximate surface area is 270 Å². The Morgan fingerprint density at radius 2 is 1.24 bits per heavy atom. The Morgan fingerprint density at radius 1 is 0.717 bits per heavy atom. The molecule has 4 atom stereocenters. The summed E-state index contributed by atoms with van der Waals surface area (Å²) in [5, 5.41) is 49.7. The number of aromatic nitrogens is 2. The van der Waals surface area contributed by atoms with Crippen molar-refractivity contribution in [3.63, 3.8) is 0 Å². The zero-order valence-corrected chi connectivity index (χ0v) is 26.2. The number of aliphatic imine (C=N–C) groups is 1. The highest BCUT2D eigenvalue weighted by atomic mass is 16.4. The normalized spacial score (nSPS) is 14.6. The Bertz CT molecular complexity index is 1340. The molecule has 9 N–H and O–H groups in total. The minimum absolute atomic E-state index is 0.00539. The molecule has 0 saturated carbocycles. The SMILES string of the molecule is NC(=O)c1nccnc1C(N)=NCCCCc1ccc(CCCN(CCCc2ccccc2)C[C@H](O)[C@@H](O)[C@H](O)[C@H](O)CO)cc1. The van der Waals surface area contributed by atoms with Crippen LogP contribution in [0.15, 0.2) is 72.0 Å². The van der Waals surface area contributed by atoms with Crippen LogP contribution in [0.2, 0.25) is 0 Å². The van der Waals surface area contributed by atoms with Gasteiger partial charge in [0.05, 0.1) is 12.7 Å². The predicted molar refractivity (Wildman–Crippen MR) is 176 cm³/mol. The monoisotopic (exact) mass is 636 g/mol. The second-order valence-electron chi connectivity index (χ2n) is 11.5. The average Bonchev–Trinajstić information content (AvgIpc) is 3.07. The molecule has 46 heavy (non-hydrogen) atoms. The molecular formula is C34H48N6O6. The van der Waals surface area contributed by atoms with E-state index in [-0.39, 0.29) is 23.8 Å². The van der Waals surface area contributed by atoms with Crippen LogP contribution in [0.1, 0.15) is 58.6 Å². The van der Waals surface area contributed by atoms with E-state index >= 15 is 0 Å². The van der Waals surface area contributed by atoms with Crippen molar-refractivity contribution >= 4 is 11.7 Å². The van der Waals surface area contributed by atoms with Crippen molar-refractivity contribution in [3.8, 4) is 0 Å². The van der Waals surface area contributed by atoms with Gasteiger partial charge in [0.1, 0.15) is 29.8 Å². The van der Waals surface area contributed by atoms with E-state index in [1.165, 1.54) is 29.1 Å². The zero-order valence-electron chi connectivity index (χ0n) is 26.2. The second kappa shape index (κ2) is 19.7. The number of primary amides is 1. The number of carbonyl (C=O) groups excluding carboxylic acids is 1. The van der Waals surface area contributed by atoms with Gasteiger partial charge in [-0.2, -0.15) is 0 Å². The van der Waals surface area contributed by atoms with Crippen LogP contribution in [0.5, 0.6) is 0 Å². The average molecular weight is 637 g/mol. The highest BCUT2D eigenvalue weighted by molar-refractivity contribution is 6.05. The zero-order chi connectivity index (χ0) is 33.3. The van der Waals surface area contributed by atoms with E-state index in [0.29, 0.717) is 19.6 Å². The molecule has 0 unspecified atom stereocenters. The summed E-state index contributed by atoms with van der Waals surface area (Å²) in [6.07, 6.45) is 2.80. The molecule has 1 amide bonds. The van der Waals surface area contributed by atoms with Gasteiger partial charge in [-0.3, -0.25) is 9.79 Å². The van der Waals surface area contributed by atoms with E-state index in [4.69, 9.17) is 16.6 Å². The summed E-state index contributed by atoms with van der Waals surface area (Å²) in [5.74, 6) is -0.558. The lowest BCUT2D eigenvalue weighted by atomic mass is 10.0. The molecule has 0 aliphatic rings. The van der Waals surface area contributed by atoms with E-state index in [9.17, 15) is 25.2 Å². The van der Waals surface area contributed by atoms with Crippen LogP contribution < -0.4 is 11.5 Å². The molecule has 0 radical (unpaired) electrons. The predicted octanol–water partition coefficient (Wildman–Crippen LogP) is 0.607. The first-order valence-corrected chi connectivity index (χ1v) is 15.8. The summed E-state index contributed by atoms with van der Waals surface area (Å²) in [6.45, 7) is 1.28. The molecule has 3 rings (SSSR count). The number of aryl methyl sites for hydroxylation is 3. The molecule has 2 aromatic carbocycles. The van der Waals surface area contributed by atoms with Gasteiger partial charge in [-0.1, -0.05) is 54.6 Å². The standard InChI is InChI=1S/C34H48N6O6/c35-33(29-30(34(36)46)38-19-18-37-29)39-17-5-4-10-25-13-15-26(16-14-25)12-7-21-40(20-6-11-24-8-2-1-3-9-24)22-27(42)31(44)32(45)28(43)23-41/h1-3,8-9,13-16,18-19,27-28,31-32,41-45H,4-7,10-12,17,20-23H2,(H2,35,39)(H2,36,46)/t27-,28+,31+,32+/m0/s1. The molecule has 12 nitrogen and oxygen atoms in total. The van der Waals surface area contributed by atoms with Gasteiger partial charge in [0.25, 0.3) is 5.91 Å². The second-order valence-corrected chi connectivity index (χ2v) is 11.5. The quantitative estimate of drug-likeness (QED) is 0.0492. The van der Waals surface area contributed by atoms with Crippen LogP contribution in [0.3, 0.4) is 0 Å². The van der Waals surface area contributed by atoms with Crippen molar-refractivity contribution in [2.24, 2.45) is 16.5 Å². The third-order valence-corrected chi connectivity index (χ3v) is 7.85. The lowest BCUT2D eigenvalue weighted by Crippen LogP contribution is -2.50. The van der Waals surface area contributed by atoms with Crippen LogP contribution in [0, 0.1) is 0 Å². The molecule has 0 spiro atoms. The third kappa shape index (κ3) is 12.2. The van der Waals surface area contributed by atoms with Crippen molar-refractivity contribution in [3.05, 3.63) is 95.1 Å². The van der Waals surface area contributed by atoms with Gasteiger partial charge in [0.2, 0.25) is 0 Å². The highest BCUT2D eigenvalue weighted by Gasteiger charge is 2.31. The number of hydrogen-bond acceptors (Lipinski definition) is 10. The van der Waals surface area contributed by atoms with Crippen molar-refractivity contribution in [2.75, 3.05) is 32.8 Å². The Balaban J connectivity index is 1.45. The van der Waals surface area contributed by atoms with Crippen molar-refractivity contribution < 1.29 is 30.3 Å². The number of rotatable bonds is 21. The van der Waals surface area contributed by atoms with E-state index in [0.717, 1.165) is 44.9 Å². The molecule has 3 aromatic rings. The van der Waals surface area contributed by atoms with Crippen LogP contribution in [0.4, 0.5) is 0 Å². The summed E-state index contributed by atoms with van der Waals surface area (Å²) >= 11 is 0. The van der Waals surface area contributed by atoms with Gasteiger partial charge in [-0.25, -0.2) is 9.97 Å². The number of unbranched alkanes of at least 4 members (excludes halogenated alkanes) is 1. The molecular weight excluding hydrogens is 588 g/mol. The number of benzene rings is 2. The number of nitrogens with zero attached hydrogens (tertiary/aromatic N) is 4. The van der Waals surface area contributed by atoms with Crippen LogP contribution in [-0.4, -0.2) is 109 Å². The van der Waals surface area contributed by atoms with E-state index in [2.05, 4.69) is 56.3 Å². The van der Waals surface area contributed by atoms with Crippen molar-refractivity contribution in [2.45, 2.75) is 69.4 Å². The Hall–Kier alpha value is -3.78. The number of hydrogen-bond donors (Lipinski definition) is 7. The van der Waals surface area contributed by atoms with Gasteiger partial charge in [-0.15, -0.1) is 0 Å². The summed E-state index contributed by atoms with van der Waals surface area (Å²) in [4.78, 5) is 25.9. The lowest BCUT2D eigenvalue weighted by molar-refractivity contribution is -0.119. The number of carbonyl (C=O) groups is 1. The van der Waals surface area contributed by atoms with Gasteiger partial charge in [0, 0.05) is 25.5 Å². The summed E-state index contributed by atoms with van der Waals surface area (Å²) < 4.78 is 0. The molecule has 1 aromatic heterocycles. The largest absolute Gasteiger partial charge is 0.394 e. The van der Waals surface area contributed by atoms with Gasteiger partial charge >= 0.3 is 0 Å². The van der Waals surface area contributed by atoms with E-state index in [1.54, 1.807) is 0 Å². The Kier molecular flexibility index (Phi) is 15.7.